The number of aryl methyl sites for hydroxylation is 1. The molecule has 0 fully saturated rings. The molecular formula is C14H15F2NO2S2. The van der Waals surface area contributed by atoms with Gasteiger partial charge in [-0.3, -0.25) is 0 Å². The molecular weight excluding hydrogens is 316 g/mol. The molecule has 21 heavy (non-hydrogen) atoms. The maximum Gasteiger partial charge on any atom is 0.341 e. The number of anilines is 1. The van der Waals surface area contributed by atoms with Gasteiger partial charge in [0.05, 0.1) is 10.9 Å². The maximum atomic E-state index is 12.4. The van der Waals surface area contributed by atoms with Crippen molar-refractivity contribution in [1.82, 2.24) is 0 Å². The van der Waals surface area contributed by atoms with E-state index in [0.29, 0.717) is 5.69 Å². The third-order valence-corrected chi connectivity index (χ3v) is 5.70. The van der Waals surface area contributed by atoms with Crippen LogP contribution < -0.4 is 5.32 Å². The molecule has 1 N–H and O–H groups in total. The van der Waals surface area contributed by atoms with Gasteiger partial charge in [0.2, 0.25) is 9.84 Å². The molecule has 1 unspecified atom stereocenters. The molecule has 2 rings (SSSR count). The molecule has 0 aliphatic heterocycles. The molecule has 0 spiro atoms. The SMILES string of the molecule is Cc1ccsc1C(C)Nc1ccc(S(=O)(=O)C(F)F)cc1. The van der Waals surface area contributed by atoms with Crippen LogP contribution in [0.25, 0.3) is 0 Å². The predicted molar refractivity (Wildman–Crippen MR) is 80.7 cm³/mol. The molecule has 0 aliphatic rings. The predicted octanol–water partition coefficient (Wildman–Crippen LogP) is 4.23. The minimum atomic E-state index is -4.53. The van der Waals surface area contributed by atoms with Crippen LogP contribution in [-0.2, 0) is 9.84 Å². The van der Waals surface area contributed by atoms with E-state index in [9.17, 15) is 17.2 Å². The summed E-state index contributed by atoms with van der Waals surface area (Å²) in [4.78, 5) is 0.808. The third kappa shape index (κ3) is 3.41. The standard InChI is InChI=1S/C14H15F2NO2S2/c1-9-7-8-20-13(9)10(2)17-11-3-5-12(6-4-11)21(18,19)14(15)16/h3-8,10,14,17H,1-2H3. The Morgan fingerprint density at radius 1 is 1.14 bits per heavy atom. The first kappa shape index (κ1) is 15.9. The van der Waals surface area contributed by atoms with Crippen molar-refractivity contribution in [1.29, 1.82) is 0 Å². The lowest BCUT2D eigenvalue weighted by atomic mass is 10.2. The Bertz CT molecular complexity index is 709. The van der Waals surface area contributed by atoms with E-state index in [1.54, 1.807) is 11.3 Å². The van der Waals surface area contributed by atoms with Crippen molar-refractivity contribution in [3.63, 3.8) is 0 Å². The molecule has 0 saturated heterocycles. The smallest absolute Gasteiger partial charge is 0.341 e. The second kappa shape index (κ2) is 6.11. The van der Waals surface area contributed by atoms with Crippen LogP contribution in [-0.4, -0.2) is 14.2 Å². The summed E-state index contributed by atoms with van der Waals surface area (Å²) in [6.45, 7) is 4.00. The summed E-state index contributed by atoms with van der Waals surface area (Å²) in [6.07, 6.45) is 0. The van der Waals surface area contributed by atoms with Gasteiger partial charge in [0.15, 0.2) is 0 Å². The largest absolute Gasteiger partial charge is 0.378 e. The molecule has 0 aliphatic carbocycles. The summed E-state index contributed by atoms with van der Waals surface area (Å²) < 4.78 is 47.5. The number of sulfone groups is 1. The Morgan fingerprint density at radius 3 is 2.24 bits per heavy atom. The second-order valence-corrected chi connectivity index (χ2v) is 7.53. The molecule has 1 heterocycles. The van der Waals surface area contributed by atoms with Crippen LogP contribution >= 0.6 is 11.3 Å². The Labute approximate surface area is 126 Å². The van der Waals surface area contributed by atoms with Crippen LogP contribution in [0.15, 0.2) is 40.6 Å². The van der Waals surface area contributed by atoms with Gasteiger partial charge in [-0.15, -0.1) is 11.3 Å². The summed E-state index contributed by atoms with van der Waals surface area (Å²) in [5, 5.41) is 5.22. The number of nitrogens with one attached hydrogen (secondary N) is 1. The Kier molecular flexibility index (Phi) is 4.63. The number of alkyl halides is 2. The highest BCUT2D eigenvalue weighted by atomic mass is 32.2. The summed E-state index contributed by atoms with van der Waals surface area (Å²) in [7, 11) is -4.53. The van der Waals surface area contributed by atoms with Crippen molar-refractivity contribution >= 4 is 26.9 Å². The van der Waals surface area contributed by atoms with E-state index < -0.39 is 15.6 Å². The first-order chi connectivity index (χ1) is 9.82. The van der Waals surface area contributed by atoms with Crippen LogP contribution in [0.2, 0.25) is 0 Å². The minimum absolute atomic E-state index is 0.0579. The first-order valence-electron chi connectivity index (χ1n) is 6.25. The van der Waals surface area contributed by atoms with E-state index >= 15 is 0 Å². The van der Waals surface area contributed by atoms with Gasteiger partial charge in [-0.25, -0.2) is 8.42 Å². The monoisotopic (exact) mass is 331 g/mol. The highest BCUT2D eigenvalue weighted by Gasteiger charge is 2.26. The molecule has 0 bridgehead atoms. The number of thiophene rings is 1. The lowest BCUT2D eigenvalue weighted by Crippen LogP contribution is -2.11. The fourth-order valence-corrected chi connectivity index (χ4v) is 3.64. The van der Waals surface area contributed by atoms with E-state index in [4.69, 9.17) is 0 Å². The molecule has 1 aromatic carbocycles. The zero-order valence-electron chi connectivity index (χ0n) is 11.5. The van der Waals surface area contributed by atoms with E-state index in [1.807, 2.05) is 25.3 Å². The van der Waals surface area contributed by atoms with Crippen molar-refractivity contribution in [2.75, 3.05) is 5.32 Å². The van der Waals surface area contributed by atoms with Gasteiger partial charge >= 0.3 is 5.76 Å². The normalized spacial score (nSPS) is 13.4. The summed E-state index contributed by atoms with van der Waals surface area (Å²) in [5.41, 5.74) is 1.86. The van der Waals surface area contributed by atoms with Crippen LogP contribution in [0.4, 0.5) is 14.5 Å². The lowest BCUT2D eigenvalue weighted by molar-refractivity contribution is 0.234. The molecule has 3 nitrogen and oxygen atoms in total. The van der Waals surface area contributed by atoms with E-state index in [2.05, 4.69) is 5.32 Å². The van der Waals surface area contributed by atoms with Crippen molar-refractivity contribution < 1.29 is 17.2 Å². The van der Waals surface area contributed by atoms with Gasteiger partial charge in [-0.2, -0.15) is 8.78 Å². The van der Waals surface area contributed by atoms with E-state index in [0.717, 1.165) is 0 Å². The molecule has 1 atom stereocenters. The maximum absolute atomic E-state index is 12.4. The zero-order chi connectivity index (χ0) is 15.6. The fraction of sp³-hybridized carbons (Fsp3) is 0.286. The van der Waals surface area contributed by atoms with Crippen LogP contribution in [0.3, 0.4) is 0 Å². The average Bonchev–Trinajstić information content (AvgIpc) is 2.85. The minimum Gasteiger partial charge on any atom is -0.378 e. The highest BCUT2D eigenvalue weighted by molar-refractivity contribution is 7.91. The van der Waals surface area contributed by atoms with Crippen molar-refractivity contribution in [2.24, 2.45) is 0 Å². The number of hydrogen-bond donors (Lipinski definition) is 1. The van der Waals surface area contributed by atoms with Crippen molar-refractivity contribution in [3.05, 3.63) is 46.2 Å². The number of halogens is 2. The van der Waals surface area contributed by atoms with Gasteiger partial charge in [0.1, 0.15) is 0 Å². The summed E-state index contributed by atoms with van der Waals surface area (Å²) >= 11 is 1.63. The first-order valence-corrected chi connectivity index (χ1v) is 8.67. The van der Waals surface area contributed by atoms with Crippen LogP contribution in [0.1, 0.15) is 23.4 Å². The Balaban J connectivity index is 2.15. The number of rotatable bonds is 5. The molecule has 0 saturated carbocycles. The highest BCUT2D eigenvalue weighted by Crippen LogP contribution is 2.27. The summed E-state index contributed by atoms with van der Waals surface area (Å²) in [5.74, 6) is -3.40. The second-order valence-electron chi connectivity index (χ2n) is 4.66. The lowest BCUT2D eigenvalue weighted by Gasteiger charge is -2.15. The molecule has 1 aromatic heterocycles. The van der Waals surface area contributed by atoms with Gasteiger partial charge in [0.25, 0.3) is 0 Å². The zero-order valence-corrected chi connectivity index (χ0v) is 13.1. The molecule has 0 radical (unpaired) electrons. The van der Waals surface area contributed by atoms with Crippen LogP contribution in [0, 0.1) is 6.92 Å². The Morgan fingerprint density at radius 2 is 1.76 bits per heavy atom. The van der Waals surface area contributed by atoms with Crippen molar-refractivity contribution in [2.45, 2.75) is 30.5 Å². The molecule has 0 amide bonds. The van der Waals surface area contributed by atoms with Gasteiger partial charge in [-0.05, 0) is 55.1 Å². The summed E-state index contributed by atoms with van der Waals surface area (Å²) in [6, 6.07) is 7.46. The number of hydrogen-bond acceptors (Lipinski definition) is 4. The average molecular weight is 331 g/mol. The van der Waals surface area contributed by atoms with Gasteiger partial charge in [0, 0.05) is 10.6 Å². The third-order valence-electron chi connectivity index (χ3n) is 3.10. The fourth-order valence-electron chi connectivity index (χ4n) is 1.99. The molecule has 2 aromatic rings. The van der Waals surface area contributed by atoms with Crippen LogP contribution in [0.5, 0.6) is 0 Å². The van der Waals surface area contributed by atoms with E-state index in [1.165, 1.54) is 34.7 Å². The quantitative estimate of drug-likeness (QED) is 0.892. The van der Waals surface area contributed by atoms with E-state index in [-0.39, 0.29) is 10.9 Å². The number of benzene rings is 1. The Hall–Kier alpha value is -1.47. The van der Waals surface area contributed by atoms with Crippen molar-refractivity contribution in [3.8, 4) is 0 Å². The van der Waals surface area contributed by atoms with Gasteiger partial charge < -0.3 is 5.32 Å². The molecule has 7 heteroatoms. The topological polar surface area (TPSA) is 46.2 Å². The molecule has 114 valence electrons. The van der Waals surface area contributed by atoms with Gasteiger partial charge in [-0.1, -0.05) is 0 Å².